The van der Waals surface area contributed by atoms with Gasteiger partial charge in [-0.05, 0) is 25.8 Å². The second-order valence-corrected chi connectivity index (χ2v) is 10.8. The highest BCUT2D eigenvalue weighted by molar-refractivity contribution is 5.72. The van der Waals surface area contributed by atoms with E-state index in [2.05, 4.69) is 12.2 Å². The molecule has 41 heavy (non-hydrogen) atoms. The van der Waals surface area contributed by atoms with Gasteiger partial charge < -0.3 is 65.5 Å². The number of aliphatic hydroxyl groups excluding tert-OH is 7. The van der Waals surface area contributed by atoms with Gasteiger partial charge in [0.2, 0.25) is 0 Å². The van der Waals surface area contributed by atoms with Gasteiger partial charge in [-0.2, -0.15) is 0 Å². The summed E-state index contributed by atoms with van der Waals surface area (Å²) in [5, 5.41) is 84.0. The minimum atomic E-state index is -1.75. The Bertz CT molecular complexity index is 737. The molecule has 2 aliphatic heterocycles. The van der Waals surface area contributed by atoms with Gasteiger partial charge in [-0.15, -0.1) is 0 Å². The second kappa shape index (κ2) is 18.6. The standard InChI is InChI=1S/C26H50N2O13/c1-2-3-4-5-6-9-12-38-25-20(33)17(30)16(29)15(40-25)13-39-26-21(34)18(31)19(32)22(41-26)23(35)28-11-8-7-10-14(27)24(36)37/h14-23,25-26,28-35H,2-13,27H2,1H3,(H,36,37)/t14-,15+,16+,17-,18-,19+,20+,21+,22-,23?,25+,26-/m0/s1. The summed E-state index contributed by atoms with van der Waals surface area (Å²) < 4.78 is 22.3. The highest BCUT2D eigenvalue weighted by atomic mass is 16.7. The molecule has 0 aromatic heterocycles. The van der Waals surface area contributed by atoms with Gasteiger partial charge in [0, 0.05) is 6.61 Å². The molecule has 2 heterocycles. The van der Waals surface area contributed by atoms with E-state index in [1.807, 2.05) is 0 Å². The molecule has 2 aliphatic rings. The minimum Gasteiger partial charge on any atom is -0.480 e. The number of carboxylic acid groups (broad SMARTS) is 1. The molecule has 0 amide bonds. The maximum absolute atomic E-state index is 10.8. The Morgan fingerprint density at radius 2 is 1.41 bits per heavy atom. The molecular weight excluding hydrogens is 548 g/mol. The fourth-order valence-corrected chi connectivity index (χ4v) is 4.71. The maximum atomic E-state index is 10.8. The number of nitrogens with one attached hydrogen (secondary N) is 1. The van der Waals surface area contributed by atoms with Crippen LogP contribution in [0.1, 0.15) is 64.7 Å². The molecule has 242 valence electrons. The zero-order valence-electron chi connectivity index (χ0n) is 23.6. The first-order valence-corrected chi connectivity index (χ1v) is 14.5. The number of aliphatic carboxylic acids is 1. The van der Waals surface area contributed by atoms with E-state index in [4.69, 9.17) is 29.8 Å². The van der Waals surface area contributed by atoms with Crippen LogP contribution in [0.3, 0.4) is 0 Å². The van der Waals surface area contributed by atoms with Crippen molar-refractivity contribution in [3.63, 3.8) is 0 Å². The molecule has 12 atom stereocenters. The summed E-state index contributed by atoms with van der Waals surface area (Å²) in [6, 6.07) is -0.990. The van der Waals surface area contributed by atoms with Gasteiger partial charge in [0.1, 0.15) is 61.1 Å². The smallest absolute Gasteiger partial charge is 0.320 e. The quantitative estimate of drug-likeness (QED) is 0.0544. The molecule has 2 saturated heterocycles. The second-order valence-electron chi connectivity index (χ2n) is 10.8. The molecule has 0 aromatic rings. The zero-order valence-corrected chi connectivity index (χ0v) is 23.6. The number of aliphatic hydroxyl groups is 7. The third kappa shape index (κ3) is 11.2. The van der Waals surface area contributed by atoms with Crippen molar-refractivity contribution in [2.45, 2.75) is 138 Å². The Hall–Kier alpha value is -1.05. The molecule has 15 heteroatoms. The van der Waals surface area contributed by atoms with Crippen molar-refractivity contribution in [2.24, 2.45) is 5.73 Å². The van der Waals surface area contributed by atoms with Gasteiger partial charge in [0.15, 0.2) is 12.6 Å². The van der Waals surface area contributed by atoms with E-state index in [0.29, 0.717) is 12.8 Å². The molecule has 2 fully saturated rings. The van der Waals surface area contributed by atoms with Crippen LogP contribution in [0.2, 0.25) is 0 Å². The van der Waals surface area contributed by atoms with Gasteiger partial charge in [-0.3, -0.25) is 10.1 Å². The number of carboxylic acids is 1. The van der Waals surface area contributed by atoms with Crippen molar-refractivity contribution in [3.8, 4) is 0 Å². The Morgan fingerprint density at radius 1 is 0.805 bits per heavy atom. The Kier molecular flexibility index (Phi) is 16.4. The maximum Gasteiger partial charge on any atom is 0.320 e. The molecule has 2 rings (SSSR count). The largest absolute Gasteiger partial charge is 0.480 e. The highest BCUT2D eigenvalue weighted by Crippen LogP contribution is 2.27. The first-order valence-electron chi connectivity index (χ1n) is 14.5. The van der Waals surface area contributed by atoms with Gasteiger partial charge >= 0.3 is 5.97 Å². The monoisotopic (exact) mass is 598 g/mol. The molecule has 0 saturated carbocycles. The van der Waals surface area contributed by atoms with Crippen molar-refractivity contribution < 1.29 is 64.6 Å². The van der Waals surface area contributed by atoms with Gasteiger partial charge in [0.05, 0.1) is 6.61 Å². The minimum absolute atomic E-state index is 0.215. The lowest BCUT2D eigenvalue weighted by atomic mass is 9.97. The van der Waals surface area contributed by atoms with Crippen LogP contribution in [0.15, 0.2) is 0 Å². The molecular formula is C26H50N2O13. The molecule has 11 N–H and O–H groups in total. The van der Waals surface area contributed by atoms with Crippen LogP contribution in [0.25, 0.3) is 0 Å². The third-order valence-electron chi connectivity index (χ3n) is 7.40. The van der Waals surface area contributed by atoms with Crippen LogP contribution < -0.4 is 11.1 Å². The number of ether oxygens (including phenoxy) is 4. The van der Waals surface area contributed by atoms with Gasteiger partial charge in [-0.25, -0.2) is 0 Å². The molecule has 0 radical (unpaired) electrons. The predicted molar refractivity (Wildman–Crippen MR) is 142 cm³/mol. The number of hydrogen-bond donors (Lipinski definition) is 10. The molecule has 0 aromatic carbocycles. The van der Waals surface area contributed by atoms with Crippen molar-refractivity contribution in [3.05, 3.63) is 0 Å². The third-order valence-corrected chi connectivity index (χ3v) is 7.40. The van der Waals surface area contributed by atoms with Crippen LogP contribution >= 0.6 is 0 Å². The zero-order chi connectivity index (χ0) is 30.5. The summed E-state index contributed by atoms with van der Waals surface area (Å²) in [6.45, 7) is 2.17. The SMILES string of the molecule is CCCCCCCCO[C@@H]1O[C@H](CO[C@H]2O[C@H](C(O)NCCCC[C@H](N)C(=O)O)[C@H](O)[C@H](O)[C@H]2O)[C@@H](O)[C@H](O)[C@H]1O. The van der Waals surface area contributed by atoms with Crippen LogP contribution in [-0.2, 0) is 23.7 Å². The number of nitrogens with two attached hydrogens (primary N) is 1. The van der Waals surface area contributed by atoms with Crippen LogP contribution in [-0.4, -0.2) is 140 Å². The van der Waals surface area contributed by atoms with Crippen molar-refractivity contribution in [1.29, 1.82) is 0 Å². The molecule has 1 unspecified atom stereocenters. The van der Waals surface area contributed by atoms with Crippen LogP contribution in [0, 0.1) is 0 Å². The van der Waals surface area contributed by atoms with Crippen molar-refractivity contribution in [2.75, 3.05) is 19.8 Å². The Labute approximate surface area is 240 Å². The van der Waals surface area contributed by atoms with E-state index in [0.717, 1.165) is 38.5 Å². The first kappa shape index (κ1) is 36.1. The summed E-state index contributed by atoms with van der Waals surface area (Å²) in [5.74, 6) is -1.11. The molecule has 0 bridgehead atoms. The van der Waals surface area contributed by atoms with E-state index >= 15 is 0 Å². The fourth-order valence-electron chi connectivity index (χ4n) is 4.71. The fraction of sp³-hybridized carbons (Fsp3) is 0.962. The summed E-state index contributed by atoms with van der Waals surface area (Å²) in [5.41, 5.74) is 5.45. The lowest BCUT2D eigenvalue weighted by Gasteiger charge is -2.43. The van der Waals surface area contributed by atoms with Crippen LogP contribution in [0.5, 0.6) is 0 Å². The normalized spacial score (nSPS) is 35.7. The van der Waals surface area contributed by atoms with Crippen LogP contribution in [0.4, 0.5) is 0 Å². The summed E-state index contributed by atoms with van der Waals surface area (Å²) in [4.78, 5) is 10.8. The predicted octanol–water partition coefficient (Wildman–Crippen LogP) is -2.51. The first-order chi connectivity index (χ1) is 19.5. The lowest BCUT2D eigenvalue weighted by Crippen LogP contribution is -2.64. The highest BCUT2D eigenvalue weighted by Gasteiger charge is 2.49. The van der Waals surface area contributed by atoms with E-state index in [1.54, 1.807) is 0 Å². The molecule has 15 nitrogen and oxygen atoms in total. The summed E-state index contributed by atoms with van der Waals surface area (Å²) in [7, 11) is 0. The Balaban J connectivity index is 1.85. The van der Waals surface area contributed by atoms with Crippen molar-refractivity contribution >= 4 is 5.97 Å². The topological polar surface area (TPSA) is 254 Å². The number of hydrogen-bond acceptors (Lipinski definition) is 14. The number of rotatable bonds is 19. The summed E-state index contributed by atoms with van der Waals surface area (Å²) in [6.07, 6.45) is -9.39. The van der Waals surface area contributed by atoms with Gasteiger partial charge in [0.25, 0.3) is 0 Å². The lowest BCUT2D eigenvalue weighted by molar-refractivity contribution is -0.336. The molecule has 0 aliphatic carbocycles. The van der Waals surface area contributed by atoms with E-state index in [-0.39, 0.29) is 19.6 Å². The molecule has 0 spiro atoms. The number of unbranched alkanes of at least 4 members (excludes halogenated alkanes) is 6. The van der Waals surface area contributed by atoms with E-state index < -0.39 is 86.3 Å². The van der Waals surface area contributed by atoms with E-state index in [1.165, 1.54) is 0 Å². The summed E-state index contributed by atoms with van der Waals surface area (Å²) >= 11 is 0. The average Bonchev–Trinajstić information content (AvgIpc) is 2.95. The average molecular weight is 599 g/mol. The van der Waals surface area contributed by atoms with Crippen molar-refractivity contribution in [1.82, 2.24) is 5.32 Å². The van der Waals surface area contributed by atoms with E-state index in [9.17, 15) is 40.5 Å². The van der Waals surface area contributed by atoms with Gasteiger partial charge in [-0.1, -0.05) is 45.4 Å². The Morgan fingerprint density at radius 3 is 2.07 bits per heavy atom. The number of carbonyl (C=O) groups is 1.